The third-order valence-corrected chi connectivity index (χ3v) is 3.59. The Balaban J connectivity index is 0.000000550. The van der Waals surface area contributed by atoms with E-state index in [0.717, 1.165) is 28.9 Å². The predicted octanol–water partition coefficient (Wildman–Crippen LogP) is 6.80. The Hall–Kier alpha value is -1.79. The van der Waals surface area contributed by atoms with Crippen LogP contribution in [0.25, 0.3) is 11.0 Å². The fourth-order valence-corrected chi connectivity index (χ4v) is 2.09. The van der Waals surface area contributed by atoms with Crippen LogP contribution in [0.1, 0.15) is 52.4 Å². The normalized spacial score (nSPS) is 13.2. The lowest BCUT2D eigenvalue weighted by Gasteiger charge is -2.13. The first-order valence-corrected chi connectivity index (χ1v) is 8.23. The summed E-state index contributed by atoms with van der Waals surface area (Å²) in [7, 11) is -6.00. The molecule has 1 aromatic carbocycles. The van der Waals surface area contributed by atoms with Gasteiger partial charge in [0.25, 0.3) is 0 Å². The summed E-state index contributed by atoms with van der Waals surface area (Å²) in [5.41, 5.74) is 2.17. The number of hydrogen-bond donors (Lipinski definition) is 0. The maximum atomic E-state index is 9.75. The van der Waals surface area contributed by atoms with Gasteiger partial charge in [0.05, 0.1) is 16.9 Å². The number of halogens is 4. The maximum Gasteiger partial charge on any atom is 0.673 e. The highest BCUT2D eigenvalue weighted by Gasteiger charge is 2.28. The molecule has 7 heteroatoms. The van der Waals surface area contributed by atoms with E-state index in [4.69, 9.17) is 9.15 Å². The van der Waals surface area contributed by atoms with Gasteiger partial charge in [-0.3, -0.25) is 0 Å². The number of rotatable bonds is 3. The van der Waals surface area contributed by atoms with Crippen LogP contribution in [0.2, 0.25) is 0 Å². The lowest BCUT2D eigenvalue weighted by Crippen LogP contribution is -2.11. The van der Waals surface area contributed by atoms with Gasteiger partial charge in [0, 0.05) is 12.1 Å². The van der Waals surface area contributed by atoms with Crippen molar-refractivity contribution >= 4 is 18.2 Å². The zero-order chi connectivity index (χ0) is 19.4. The van der Waals surface area contributed by atoms with Crippen molar-refractivity contribution in [3.8, 4) is 5.75 Å². The molecule has 2 rings (SSSR count). The Morgan fingerprint density at radius 1 is 1.12 bits per heavy atom. The van der Waals surface area contributed by atoms with Crippen molar-refractivity contribution in [2.24, 2.45) is 0 Å². The highest BCUT2D eigenvalue weighted by molar-refractivity contribution is 6.50. The molecule has 0 aliphatic rings. The van der Waals surface area contributed by atoms with Gasteiger partial charge in [-0.05, 0) is 58.7 Å². The smallest absolute Gasteiger partial charge is 0.491 e. The van der Waals surface area contributed by atoms with Crippen LogP contribution >= 0.6 is 0 Å². The van der Waals surface area contributed by atoms with Crippen molar-refractivity contribution in [2.45, 2.75) is 59.5 Å². The van der Waals surface area contributed by atoms with E-state index in [1.807, 2.05) is 12.1 Å². The minimum atomic E-state index is -6.00. The lowest BCUT2D eigenvalue weighted by atomic mass is 9.91. The fraction of sp³-hybridized carbons (Fsp3) is 0.500. The van der Waals surface area contributed by atoms with Crippen LogP contribution in [0, 0.1) is 6.92 Å². The molecular formula is C18H25BF4O2. The summed E-state index contributed by atoms with van der Waals surface area (Å²) in [6.45, 7) is 12.8. The molecule has 140 valence electrons. The molecule has 0 N–H and O–H groups in total. The van der Waals surface area contributed by atoms with Gasteiger partial charge in [0.15, 0.2) is 0 Å². The molecular weight excluding hydrogens is 335 g/mol. The van der Waals surface area contributed by atoms with Gasteiger partial charge in [-0.15, -0.1) is 0 Å². The van der Waals surface area contributed by atoms with Crippen molar-refractivity contribution in [2.75, 3.05) is 0 Å². The number of aryl methyl sites for hydroxylation is 1. The van der Waals surface area contributed by atoms with E-state index in [1.54, 1.807) is 0 Å². The molecule has 2 nitrogen and oxygen atoms in total. The summed E-state index contributed by atoms with van der Waals surface area (Å²) in [6.07, 6.45) is 1.24. The number of ether oxygens (including phenoxy) is 1. The number of hydrogen-bond acceptors (Lipinski definition) is 1. The Kier molecular flexibility index (Phi) is 6.86. The van der Waals surface area contributed by atoms with E-state index in [1.165, 1.54) is 5.56 Å². The molecule has 0 aliphatic heterocycles. The van der Waals surface area contributed by atoms with Crippen LogP contribution in [-0.2, 0) is 5.41 Å². The van der Waals surface area contributed by atoms with Gasteiger partial charge in [-0.25, -0.2) is 4.42 Å². The second-order valence-electron chi connectivity index (χ2n) is 7.03. The van der Waals surface area contributed by atoms with E-state index in [2.05, 4.69) is 53.7 Å². The van der Waals surface area contributed by atoms with Crippen LogP contribution in [0.4, 0.5) is 17.3 Å². The molecule has 0 fully saturated rings. The third-order valence-electron chi connectivity index (χ3n) is 3.59. The van der Waals surface area contributed by atoms with Crippen LogP contribution in [-0.4, -0.2) is 13.4 Å². The van der Waals surface area contributed by atoms with E-state index >= 15 is 0 Å². The molecule has 0 aliphatic carbocycles. The zero-order valence-electron chi connectivity index (χ0n) is 15.5. The standard InChI is InChI=1S/C18H25O2.BF4/c1-7-13(3)19-14-8-9-16-15(11-14)12(2)10-17(20-16)18(4,5)6;2-1(3,4)5/h8-11,13H,7H2,1-6H3;/q+1;-1. The minimum Gasteiger partial charge on any atom is -0.491 e. The Labute approximate surface area is 146 Å². The van der Waals surface area contributed by atoms with Crippen LogP contribution in [0.15, 0.2) is 28.7 Å². The second kappa shape index (κ2) is 8.06. The molecule has 0 saturated heterocycles. The molecule has 0 bridgehead atoms. The summed E-state index contributed by atoms with van der Waals surface area (Å²) < 4.78 is 50.9. The maximum absolute atomic E-state index is 9.75. The molecule has 1 atom stereocenters. The first-order chi connectivity index (χ1) is 11.3. The van der Waals surface area contributed by atoms with Crippen molar-refractivity contribution in [3.63, 3.8) is 0 Å². The van der Waals surface area contributed by atoms with Crippen molar-refractivity contribution < 1.29 is 26.4 Å². The fourth-order valence-electron chi connectivity index (χ4n) is 2.09. The van der Waals surface area contributed by atoms with E-state index < -0.39 is 7.25 Å². The quantitative estimate of drug-likeness (QED) is 0.341. The molecule has 0 amide bonds. The van der Waals surface area contributed by atoms with E-state index in [9.17, 15) is 17.3 Å². The monoisotopic (exact) mass is 360 g/mol. The Morgan fingerprint density at radius 3 is 2.16 bits per heavy atom. The molecule has 0 saturated carbocycles. The summed E-state index contributed by atoms with van der Waals surface area (Å²) >= 11 is 0. The van der Waals surface area contributed by atoms with E-state index in [0.29, 0.717) is 0 Å². The number of benzene rings is 1. The third kappa shape index (κ3) is 7.32. The molecule has 0 radical (unpaired) electrons. The highest BCUT2D eigenvalue weighted by atomic mass is 19.5. The average molecular weight is 360 g/mol. The first-order valence-electron chi connectivity index (χ1n) is 8.23. The molecule has 2 aromatic rings. The number of fused-ring (bicyclic) bond motifs is 1. The average Bonchev–Trinajstić information content (AvgIpc) is 2.44. The molecule has 1 aromatic heterocycles. The molecule has 1 heterocycles. The minimum absolute atomic E-state index is 0.0187. The molecule has 25 heavy (non-hydrogen) atoms. The van der Waals surface area contributed by atoms with Crippen LogP contribution in [0.3, 0.4) is 0 Å². The van der Waals surface area contributed by atoms with Crippen LogP contribution < -0.4 is 4.74 Å². The highest BCUT2D eigenvalue weighted by Crippen LogP contribution is 2.31. The van der Waals surface area contributed by atoms with Gasteiger partial charge in [0.2, 0.25) is 0 Å². The Morgan fingerprint density at radius 2 is 1.68 bits per heavy atom. The van der Waals surface area contributed by atoms with Crippen molar-refractivity contribution in [1.82, 2.24) is 0 Å². The summed E-state index contributed by atoms with van der Waals surface area (Å²) in [5.74, 6) is 1.92. The molecule has 0 spiro atoms. The van der Waals surface area contributed by atoms with Gasteiger partial charge < -0.3 is 22.0 Å². The van der Waals surface area contributed by atoms with Crippen molar-refractivity contribution in [1.29, 1.82) is 0 Å². The van der Waals surface area contributed by atoms with Gasteiger partial charge >= 0.3 is 18.6 Å². The summed E-state index contributed by atoms with van der Waals surface area (Å²) in [6, 6.07) is 8.21. The van der Waals surface area contributed by atoms with Crippen LogP contribution in [0.5, 0.6) is 5.75 Å². The van der Waals surface area contributed by atoms with E-state index in [-0.39, 0.29) is 11.5 Å². The topological polar surface area (TPSA) is 20.5 Å². The first kappa shape index (κ1) is 21.3. The largest absolute Gasteiger partial charge is 0.673 e. The lowest BCUT2D eigenvalue weighted by molar-refractivity contribution is 0.217. The predicted molar refractivity (Wildman–Crippen MR) is 94.6 cm³/mol. The summed E-state index contributed by atoms with van der Waals surface area (Å²) in [4.78, 5) is 0. The van der Waals surface area contributed by atoms with Crippen molar-refractivity contribution in [3.05, 3.63) is 35.6 Å². The zero-order valence-corrected chi connectivity index (χ0v) is 15.5. The SMILES string of the molecule is CCC(C)Oc1ccc2[o+]c(C(C)(C)C)cc(C)c2c1.F[B-](F)(F)F. The van der Waals surface area contributed by atoms with Gasteiger partial charge in [-0.2, -0.15) is 0 Å². The van der Waals surface area contributed by atoms with Gasteiger partial charge in [-0.1, -0.05) is 6.92 Å². The second-order valence-corrected chi connectivity index (χ2v) is 7.03. The molecule has 1 unspecified atom stereocenters. The summed E-state index contributed by atoms with van der Waals surface area (Å²) in [5, 5.41) is 1.12. The Bertz CT molecular complexity index is 703. The van der Waals surface area contributed by atoms with Gasteiger partial charge in [0.1, 0.15) is 5.75 Å².